The van der Waals surface area contributed by atoms with E-state index < -0.39 is 10.4 Å². The Kier molecular flexibility index (Phi) is 7.33. The molecule has 0 aliphatic carbocycles. The van der Waals surface area contributed by atoms with Gasteiger partial charge in [-0.05, 0) is 0 Å². The van der Waals surface area contributed by atoms with Gasteiger partial charge in [0, 0.05) is 0 Å². The zero-order valence-electron chi connectivity index (χ0n) is 2.85. The number of rotatable bonds is 0. The monoisotopic (exact) mass is 189 g/mol. The van der Waals surface area contributed by atoms with E-state index in [4.69, 9.17) is 17.5 Å². The second-order valence-electron chi connectivity index (χ2n) is 0.448. The fraction of sp³-hybridized carbons (Fsp3) is 0. The van der Waals surface area contributed by atoms with Gasteiger partial charge in [0.15, 0.2) is 0 Å². The van der Waals surface area contributed by atoms with Crippen molar-refractivity contribution in [1.82, 2.24) is 0 Å². The molecule has 0 heterocycles. The zero-order chi connectivity index (χ0) is 6.50. The SMILES string of the molecule is O=S(=O)(O)O.[Cl][Fe]. The minimum atomic E-state index is -4.67. The van der Waals surface area contributed by atoms with E-state index in [9.17, 15) is 0 Å². The summed E-state index contributed by atoms with van der Waals surface area (Å²) in [6, 6.07) is 0. The number of halogens is 1. The maximum atomic E-state index is 8.74. The minimum absolute atomic E-state index is 2.72. The van der Waals surface area contributed by atoms with Gasteiger partial charge in [-0.25, -0.2) is 0 Å². The second-order valence-corrected chi connectivity index (χ2v) is 1.34. The van der Waals surface area contributed by atoms with Crippen molar-refractivity contribution in [3.8, 4) is 0 Å². The molecule has 0 aliphatic heterocycles. The van der Waals surface area contributed by atoms with Crippen molar-refractivity contribution in [2.45, 2.75) is 0 Å². The Bertz CT molecular complexity index is 94.9. The number of hydrogen-bond donors (Lipinski definition) is 2. The van der Waals surface area contributed by atoms with Gasteiger partial charge in [0.1, 0.15) is 0 Å². The molecule has 0 aliphatic rings. The van der Waals surface area contributed by atoms with Crippen LogP contribution in [-0.2, 0) is 25.5 Å². The quantitative estimate of drug-likeness (QED) is 0.417. The second kappa shape index (κ2) is 4.83. The van der Waals surface area contributed by atoms with Crippen molar-refractivity contribution in [3.63, 3.8) is 0 Å². The molecule has 2 N–H and O–H groups in total. The molecule has 4 nitrogen and oxygen atoms in total. The Balaban J connectivity index is 0. The molecule has 0 aromatic heterocycles. The van der Waals surface area contributed by atoms with Crippen LogP contribution in [-0.4, -0.2) is 17.5 Å². The van der Waals surface area contributed by atoms with Crippen molar-refractivity contribution >= 4 is 20.5 Å². The predicted octanol–water partition coefficient (Wildman–Crippen LogP) is 0.0342. The van der Waals surface area contributed by atoms with Crippen molar-refractivity contribution in [3.05, 3.63) is 0 Å². The molecule has 0 amide bonds. The summed E-state index contributed by atoms with van der Waals surface area (Å²) < 4.78 is 31.6. The summed E-state index contributed by atoms with van der Waals surface area (Å²) in [7, 11) is -0.278. The summed E-state index contributed by atoms with van der Waals surface area (Å²) in [6.45, 7) is 0. The van der Waals surface area contributed by atoms with Crippen LogP contribution >= 0.6 is 10.1 Å². The van der Waals surface area contributed by atoms with Gasteiger partial charge < -0.3 is 0 Å². The van der Waals surface area contributed by atoms with E-state index in [1.807, 2.05) is 0 Å². The summed E-state index contributed by atoms with van der Waals surface area (Å²) in [5.74, 6) is 0. The average Bonchev–Trinajstić information content (AvgIpc) is 1.36. The fourth-order valence-corrected chi connectivity index (χ4v) is 0. The van der Waals surface area contributed by atoms with Crippen molar-refractivity contribution in [1.29, 1.82) is 0 Å². The zero-order valence-corrected chi connectivity index (χ0v) is 5.53. The average molecular weight is 189 g/mol. The van der Waals surface area contributed by atoms with Gasteiger partial charge in [-0.1, -0.05) is 0 Å². The van der Waals surface area contributed by atoms with Crippen LogP contribution in [0.15, 0.2) is 0 Å². The summed E-state index contributed by atoms with van der Waals surface area (Å²) in [5.41, 5.74) is 0. The molecule has 47 valence electrons. The van der Waals surface area contributed by atoms with Crippen LogP contribution < -0.4 is 0 Å². The summed E-state index contributed by atoms with van der Waals surface area (Å²) in [6.07, 6.45) is 0. The first kappa shape index (κ1) is 10.6. The van der Waals surface area contributed by atoms with E-state index in [2.05, 4.69) is 25.2 Å². The van der Waals surface area contributed by atoms with Crippen LogP contribution in [0.1, 0.15) is 0 Å². The van der Waals surface area contributed by atoms with E-state index in [0.717, 1.165) is 0 Å². The van der Waals surface area contributed by atoms with Gasteiger partial charge in [0.25, 0.3) is 0 Å². The van der Waals surface area contributed by atoms with Gasteiger partial charge in [-0.2, -0.15) is 8.42 Å². The van der Waals surface area contributed by atoms with Crippen LogP contribution in [0, 0.1) is 0 Å². The van der Waals surface area contributed by atoms with Crippen LogP contribution in [0.4, 0.5) is 0 Å². The normalized spacial score (nSPS) is 9.14. The molecule has 0 saturated heterocycles. The van der Waals surface area contributed by atoms with E-state index in [0.29, 0.717) is 0 Å². The van der Waals surface area contributed by atoms with Crippen molar-refractivity contribution in [2.24, 2.45) is 0 Å². The predicted molar refractivity (Wildman–Crippen MR) is 20.0 cm³/mol. The van der Waals surface area contributed by atoms with Crippen molar-refractivity contribution in [2.75, 3.05) is 0 Å². The molecule has 7 heteroatoms. The first-order chi connectivity index (χ1) is 3.00. The Hall–Kier alpha value is 0.679. The van der Waals surface area contributed by atoms with Gasteiger partial charge >= 0.3 is 35.6 Å². The third-order valence-electron chi connectivity index (χ3n) is 0. The standard InChI is InChI=1S/ClH.Fe.H2O4S/c;;1-5(2,3)4/h1H;;(H2,1,2,3,4)/q;+1;/p-1. The first-order valence-electron chi connectivity index (χ1n) is 0.832. The van der Waals surface area contributed by atoms with Crippen LogP contribution in [0.2, 0.25) is 0 Å². The van der Waals surface area contributed by atoms with E-state index in [1.165, 1.54) is 0 Å². The summed E-state index contributed by atoms with van der Waals surface area (Å²) in [5, 5.41) is 0. The van der Waals surface area contributed by atoms with E-state index >= 15 is 0 Å². The Labute approximate surface area is 53.5 Å². The Morgan fingerprint density at radius 2 is 1.29 bits per heavy atom. The third kappa shape index (κ3) is 317. The molecular formula is H2ClFeO4S. The summed E-state index contributed by atoms with van der Waals surface area (Å²) in [4.78, 5) is 0. The molecule has 0 unspecified atom stereocenters. The molecule has 0 aromatic rings. The number of hydrogen-bond acceptors (Lipinski definition) is 2. The first-order valence-corrected chi connectivity index (χ1v) is 3.75. The van der Waals surface area contributed by atoms with E-state index in [-0.39, 0.29) is 0 Å². The molecule has 0 spiro atoms. The molecule has 7 heavy (non-hydrogen) atoms. The van der Waals surface area contributed by atoms with Crippen molar-refractivity contribution < 1.29 is 32.6 Å². The topological polar surface area (TPSA) is 74.6 Å². The molecule has 0 fully saturated rings. The Morgan fingerprint density at radius 1 is 1.29 bits per heavy atom. The molecule has 0 aromatic carbocycles. The van der Waals surface area contributed by atoms with Gasteiger partial charge in [-0.3, -0.25) is 9.11 Å². The Morgan fingerprint density at radius 3 is 1.29 bits per heavy atom. The van der Waals surface area contributed by atoms with Crippen LogP contribution in [0.5, 0.6) is 0 Å². The van der Waals surface area contributed by atoms with Crippen LogP contribution in [0.25, 0.3) is 0 Å². The molecule has 0 radical (unpaired) electrons. The summed E-state index contributed by atoms with van der Waals surface area (Å²) >= 11 is 2.72. The third-order valence-corrected chi connectivity index (χ3v) is 0. The van der Waals surface area contributed by atoms with Gasteiger partial charge in [0.2, 0.25) is 0 Å². The molecule has 0 saturated carbocycles. The molecular weight excluding hydrogens is 187 g/mol. The van der Waals surface area contributed by atoms with Gasteiger partial charge in [-0.15, -0.1) is 0 Å². The molecule has 0 rings (SSSR count). The van der Waals surface area contributed by atoms with Gasteiger partial charge in [0.05, 0.1) is 0 Å². The van der Waals surface area contributed by atoms with E-state index in [1.54, 1.807) is 0 Å². The fourth-order valence-electron chi connectivity index (χ4n) is 0. The molecule has 0 atom stereocenters. The molecule has 0 bridgehead atoms. The maximum absolute atomic E-state index is 8.74. The van der Waals surface area contributed by atoms with Crippen LogP contribution in [0.3, 0.4) is 0 Å².